The second kappa shape index (κ2) is 6.83. The lowest BCUT2D eigenvalue weighted by Crippen LogP contribution is -2.17. The molecule has 0 aliphatic carbocycles. The predicted octanol–water partition coefficient (Wildman–Crippen LogP) is 3.34. The Kier molecular flexibility index (Phi) is 4.86. The Morgan fingerprint density at radius 2 is 1.95 bits per heavy atom. The monoisotopic (exact) mass is 268 g/mol. The Hall–Kier alpha value is -2.18. The van der Waals surface area contributed by atoms with E-state index in [1.54, 1.807) is 12.1 Å². The Bertz CT molecular complexity index is 629. The highest BCUT2D eigenvalue weighted by Crippen LogP contribution is 2.10. The summed E-state index contributed by atoms with van der Waals surface area (Å²) in [6.45, 7) is 3.36. The lowest BCUT2D eigenvalue weighted by Gasteiger charge is -2.08. The van der Waals surface area contributed by atoms with Gasteiger partial charge in [-0.25, -0.2) is 4.39 Å². The second-order valence-corrected chi connectivity index (χ2v) is 4.77. The van der Waals surface area contributed by atoms with Gasteiger partial charge < -0.3 is 5.32 Å². The average Bonchev–Trinajstić information content (AvgIpc) is 2.46. The number of benzene rings is 2. The van der Waals surface area contributed by atoms with Crippen molar-refractivity contribution in [1.29, 1.82) is 5.26 Å². The van der Waals surface area contributed by atoms with Gasteiger partial charge in [0.15, 0.2) is 0 Å². The van der Waals surface area contributed by atoms with Crippen LogP contribution in [0.4, 0.5) is 4.39 Å². The van der Waals surface area contributed by atoms with Gasteiger partial charge in [-0.1, -0.05) is 30.3 Å². The van der Waals surface area contributed by atoms with Crippen molar-refractivity contribution in [3.05, 3.63) is 70.5 Å². The van der Waals surface area contributed by atoms with Gasteiger partial charge in [0, 0.05) is 12.1 Å². The first-order chi connectivity index (χ1) is 9.70. The maximum Gasteiger partial charge on any atom is 0.129 e. The van der Waals surface area contributed by atoms with Crippen LogP contribution in [-0.2, 0) is 13.0 Å². The SMILES string of the molecule is Cc1ccccc1CCNCc1ccc(C#N)cc1F. The van der Waals surface area contributed by atoms with E-state index in [-0.39, 0.29) is 5.82 Å². The Morgan fingerprint density at radius 1 is 1.15 bits per heavy atom. The van der Waals surface area contributed by atoms with Crippen molar-refractivity contribution in [3.8, 4) is 6.07 Å². The van der Waals surface area contributed by atoms with Crippen LogP contribution in [0.2, 0.25) is 0 Å². The number of rotatable bonds is 5. The molecule has 3 heteroatoms. The molecule has 0 aliphatic rings. The van der Waals surface area contributed by atoms with Crippen molar-refractivity contribution in [2.24, 2.45) is 0 Å². The van der Waals surface area contributed by atoms with Gasteiger partial charge in [0.2, 0.25) is 0 Å². The van der Waals surface area contributed by atoms with Crippen LogP contribution in [0.1, 0.15) is 22.3 Å². The minimum absolute atomic E-state index is 0.326. The molecule has 0 fully saturated rings. The first-order valence-corrected chi connectivity index (χ1v) is 6.64. The molecule has 0 radical (unpaired) electrons. The summed E-state index contributed by atoms with van der Waals surface area (Å²) < 4.78 is 13.7. The number of nitriles is 1. The van der Waals surface area contributed by atoms with Crippen LogP contribution in [0.15, 0.2) is 42.5 Å². The topological polar surface area (TPSA) is 35.8 Å². The predicted molar refractivity (Wildman–Crippen MR) is 77.7 cm³/mol. The van der Waals surface area contributed by atoms with Crippen LogP contribution in [0.5, 0.6) is 0 Å². The van der Waals surface area contributed by atoms with Crippen LogP contribution < -0.4 is 5.32 Å². The third-order valence-corrected chi connectivity index (χ3v) is 3.33. The van der Waals surface area contributed by atoms with Crippen molar-refractivity contribution < 1.29 is 4.39 Å². The van der Waals surface area contributed by atoms with E-state index in [9.17, 15) is 4.39 Å². The third kappa shape index (κ3) is 3.66. The molecule has 0 heterocycles. The molecule has 0 spiro atoms. The first kappa shape index (κ1) is 14.2. The fraction of sp³-hybridized carbons (Fsp3) is 0.235. The van der Waals surface area contributed by atoms with Crippen LogP contribution in [0.25, 0.3) is 0 Å². The zero-order valence-electron chi connectivity index (χ0n) is 11.5. The number of halogens is 1. The van der Waals surface area contributed by atoms with Gasteiger partial charge in [-0.05, 0) is 43.1 Å². The van der Waals surface area contributed by atoms with E-state index in [4.69, 9.17) is 5.26 Å². The molecule has 102 valence electrons. The summed E-state index contributed by atoms with van der Waals surface area (Å²) in [4.78, 5) is 0. The molecule has 0 aliphatic heterocycles. The molecule has 0 bridgehead atoms. The summed E-state index contributed by atoms with van der Waals surface area (Å²) in [5.41, 5.74) is 3.53. The lowest BCUT2D eigenvalue weighted by atomic mass is 10.1. The highest BCUT2D eigenvalue weighted by Gasteiger charge is 2.03. The largest absolute Gasteiger partial charge is 0.312 e. The average molecular weight is 268 g/mol. The van der Waals surface area contributed by atoms with Crippen LogP contribution in [-0.4, -0.2) is 6.54 Å². The molecule has 0 unspecified atom stereocenters. The van der Waals surface area contributed by atoms with Crippen LogP contribution in [0, 0.1) is 24.1 Å². The van der Waals surface area contributed by atoms with Gasteiger partial charge in [0.05, 0.1) is 11.6 Å². The van der Waals surface area contributed by atoms with Gasteiger partial charge in [-0.3, -0.25) is 0 Å². The summed E-state index contributed by atoms with van der Waals surface area (Å²) in [5, 5.41) is 11.9. The number of nitrogens with zero attached hydrogens (tertiary/aromatic N) is 1. The summed E-state index contributed by atoms with van der Waals surface area (Å²) in [5.74, 6) is -0.326. The maximum atomic E-state index is 13.7. The summed E-state index contributed by atoms with van der Waals surface area (Å²) >= 11 is 0. The minimum Gasteiger partial charge on any atom is -0.312 e. The molecule has 20 heavy (non-hydrogen) atoms. The molecule has 2 aromatic carbocycles. The van der Waals surface area contributed by atoms with Crippen LogP contribution in [0.3, 0.4) is 0 Å². The van der Waals surface area contributed by atoms with E-state index >= 15 is 0 Å². The van der Waals surface area contributed by atoms with E-state index < -0.39 is 0 Å². The summed E-state index contributed by atoms with van der Waals surface area (Å²) in [6, 6.07) is 14.8. The van der Waals surface area contributed by atoms with Gasteiger partial charge in [-0.2, -0.15) is 5.26 Å². The molecule has 2 nitrogen and oxygen atoms in total. The van der Waals surface area contributed by atoms with Crippen molar-refractivity contribution >= 4 is 0 Å². The molecule has 0 saturated heterocycles. The molecule has 0 aromatic heterocycles. The third-order valence-electron chi connectivity index (χ3n) is 3.33. The molecule has 0 atom stereocenters. The van der Waals surface area contributed by atoms with Crippen LogP contribution >= 0.6 is 0 Å². The number of nitrogens with one attached hydrogen (secondary N) is 1. The van der Waals surface area contributed by atoms with E-state index in [1.165, 1.54) is 17.2 Å². The van der Waals surface area contributed by atoms with Crippen molar-refractivity contribution in [2.45, 2.75) is 19.9 Å². The van der Waals surface area contributed by atoms with E-state index in [2.05, 4.69) is 24.4 Å². The van der Waals surface area contributed by atoms with E-state index in [1.807, 2.05) is 18.2 Å². The first-order valence-electron chi connectivity index (χ1n) is 6.64. The van der Waals surface area contributed by atoms with E-state index in [0.29, 0.717) is 17.7 Å². The fourth-order valence-corrected chi connectivity index (χ4v) is 2.10. The molecule has 2 aromatic rings. The normalized spacial score (nSPS) is 10.2. The van der Waals surface area contributed by atoms with Crippen molar-refractivity contribution in [1.82, 2.24) is 5.32 Å². The van der Waals surface area contributed by atoms with E-state index in [0.717, 1.165) is 13.0 Å². The Morgan fingerprint density at radius 3 is 2.65 bits per heavy atom. The zero-order valence-corrected chi connectivity index (χ0v) is 11.5. The number of hydrogen-bond donors (Lipinski definition) is 1. The van der Waals surface area contributed by atoms with Gasteiger partial charge >= 0.3 is 0 Å². The smallest absolute Gasteiger partial charge is 0.129 e. The molecule has 0 amide bonds. The molecule has 0 saturated carbocycles. The summed E-state index contributed by atoms with van der Waals surface area (Å²) in [7, 11) is 0. The fourth-order valence-electron chi connectivity index (χ4n) is 2.10. The number of aryl methyl sites for hydroxylation is 1. The lowest BCUT2D eigenvalue weighted by molar-refractivity contribution is 0.588. The highest BCUT2D eigenvalue weighted by atomic mass is 19.1. The van der Waals surface area contributed by atoms with Gasteiger partial charge in [0.1, 0.15) is 5.82 Å². The minimum atomic E-state index is -0.326. The second-order valence-electron chi connectivity index (χ2n) is 4.77. The van der Waals surface area contributed by atoms with Crippen molar-refractivity contribution in [3.63, 3.8) is 0 Å². The standard InChI is InChI=1S/C17H17FN2/c1-13-4-2-3-5-15(13)8-9-20-12-16-7-6-14(11-19)10-17(16)18/h2-7,10,20H,8-9,12H2,1H3. The van der Waals surface area contributed by atoms with Crippen molar-refractivity contribution in [2.75, 3.05) is 6.54 Å². The molecular formula is C17H17FN2. The molecular weight excluding hydrogens is 251 g/mol. The summed E-state index contributed by atoms with van der Waals surface area (Å²) in [6.07, 6.45) is 0.921. The van der Waals surface area contributed by atoms with Gasteiger partial charge in [0.25, 0.3) is 0 Å². The molecule has 1 N–H and O–H groups in total. The highest BCUT2D eigenvalue weighted by molar-refractivity contribution is 5.32. The Labute approximate surface area is 118 Å². The number of hydrogen-bond acceptors (Lipinski definition) is 2. The molecule has 2 rings (SSSR count). The Balaban J connectivity index is 1.85. The zero-order chi connectivity index (χ0) is 14.4. The maximum absolute atomic E-state index is 13.7. The van der Waals surface area contributed by atoms with Gasteiger partial charge in [-0.15, -0.1) is 0 Å². The quantitative estimate of drug-likeness (QED) is 0.844.